The number of piperidine rings is 1. The number of nitrogens with zero attached hydrogens (tertiary/aromatic N) is 6. The fourth-order valence-electron chi connectivity index (χ4n) is 4.84. The molecule has 3 fully saturated rings. The summed E-state index contributed by atoms with van der Waals surface area (Å²) in [5.74, 6) is 1.55. The van der Waals surface area contributed by atoms with Crippen molar-refractivity contribution in [3.8, 4) is 11.1 Å². The topological polar surface area (TPSA) is 75.9 Å². The maximum atomic E-state index is 13.1. The number of likely N-dealkylation sites (tertiary alicyclic amines) is 1. The van der Waals surface area contributed by atoms with E-state index >= 15 is 0 Å². The van der Waals surface area contributed by atoms with E-state index < -0.39 is 0 Å². The van der Waals surface area contributed by atoms with Crippen molar-refractivity contribution in [1.82, 2.24) is 24.3 Å². The molecule has 3 saturated heterocycles. The van der Waals surface area contributed by atoms with Gasteiger partial charge in [0.1, 0.15) is 11.5 Å². The summed E-state index contributed by atoms with van der Waals surface area (Å²) in [4.78, 5) is 30.9. The van der Waals surface area contributed by atoms with Crippen LogP contribution in [0.25, 0.3) is 16.9 Å². The number of rotatable bonds is 3. The summed E-state index contributed by atoms with van der Waals surface area (Å²) in [7, 11) is 0. The molecule has 3 aliphatic heterocycles. The molecular weight excluding hydrogens is 380 g/mol. The van der Waals surface area contributed by atoms with Crippen LogP contribution in [0, 0.1) is 0 Å². The molecule has 3 aromatic heterocycles. The van der Waals surface area contributed by atoms with Crippen LogP contribution in [0.3, 0.4) is 0 Å². The lowest BCUT2D eigenvalue weighted by atomic mass is 10.1. The standard InChI is InChI=1S/C22H24N6O2/c29-21(27-13-18-8-17(27)14-30-18)19-11-25-22-24-10-16(12-28(19)22)15-4-5-20(23-9-15)26-6-2-1-3-7-26/h4-5,9-12,17-18H,1-3,6-8,13-14H2. The average molecular weight is 404 g/mol. The van der Waals surface area contributed by atoms with Crippen LogP contribution in [-0.2, 0) is 4.74 Å². The molecule has 6 rings (SSSR count). The van der Waals surface area contributed by atoms with Crippen molar-refractivity contribution in [2.24, 2.45) is 0 Å². The minimum atomic E-state index is -0.00387. The number of carbonyl (C=O) groups excluding carboxylic acids is 1. The number of hydrogen-bond donors (Lipinski definition) is 0. The molecule has 1 amide bonds. The first-order chi connectivity index (χ1) is 14.8. The number of amides is 1. The van der Waals surface area contributed by atoms with E-state index in [2.05, 4.69) is 32.0 Å². The van der Waals surface area contributed by atoms with Gasteiger partial charge in [0.25, 0.3) is 5.91 Å². The number of carbonyl (C=O) groups is 1. The lowest BCUT2D eigenvalue weighted by Crippen LogP contribution is -2.41. The van der Waals surface area contributed by atoms with Gasteiger partial charge < -0.3 is 14.5 Å². The molecule has 0 aromatic carbocycles. The third-order valence-electron chi connectivity index (χ3n) is 6.51. The lowest BCUT2D eigenvalue weighted by molar-refractivity contribution is 0.0255. The molecule has 0 saturated carbocycles. The molecule has 2 atom stereocenters. The highest BCUT2D eigenvalue weighted by Crippen LogP contribution is 2.29. The number of pyridine rings is 1. The fourth-order valence-corrected chi connectivity index (χ4v) is 4.84. The van der Waals surface area contributed by atoms with Crippen LogP contribution >= 0.6 is 0 Å². The molecule has 8 heteroatoms. The normalized spacial score (nSPS) is 23.5. The summed E-state index contributed by atoms with van der Waals surface area (Å²) in [5.41, 5.74) is 2.44. The molecule has 0 aliphatic carbocycles. The Morgan fingerprint density at radius 2 is 1.83 bits per heavy atom. The van der Waals surface area contributed by atoms with Crippen LogP contribution in [0.5, 0.6) is 0 Å². The smallest absolute Gasteiger partial charge is 0.272 e. The van der Waals surface area contributed by atoms with Crippen LogP contribution < -0.4 is 4.90 Å². The molecule has 8 nitrogen and oxygen atoms in total. The average Bonchev–Trinajstić information content (AvgIpc) is 3.55. The zero-order valence-electron chi connectivity index (χ0n) is 16.8. The van der Waals surface area contributed by atoms with E-state index in [4.69, 9.17) is 4.74 Å². The largest absolute Gasteiger partial charge is 0.374 e. The summed E-state index contributed by atoms with van der Waals surface area (Å²) in [5, 5.41) is 0. The third-order valence-corrected chi connectivity index (χ3v) is 6.51. The van der Waals surface area contributed by atoms with Crippen LogP contribution in [0.2, 0.25) is 0 Å². The van der Waals surface area contributed by atoms with E-state index in [1.807, 2.05) is 17.3 Å². The maximum Gasteiger partial charge on any atom is 0.272 e. The van der Waals surface area contributed by atoms with E-state index in [0.29, 0.717) is 24.6 Å². The van der Waals surface area contributed by atoms with Crippen molar-refractivity contribution >= 4 is 17.5 Å². The molecule has 0 spiro atoms. The third kappa shape index (κ3) is 2.94. The SMILES string of the molecule is O=C(c1cnc2ncc(-c3ccc(N4CCCCC4)nc3)cn12)N1CC2CC1CO2. The van der Waals surface area contributed by atoms with Crippen LogP contribution in [0.4, 0.5) is 5.82 Å². The van der Waals surface area contributed by atoms with E-state index in [-0.39, 0.29) is 18.1 Å². The van der Waals surface area contributed by atoms with Gasteiger partial charge in [-0.3, -0.25) is 9.20 Å². The summed E-state index contributed by atoms with van der Waals surface area (Å²) in [6.07, 6.45) is 12.1. The van der Waals surface area contributed by atoms with Gasteiger partial charge in [0.2, 0.25) is 5.78 Å². The Hall–Kier alpha value is -3.00. The fraction of sp³-hybridized carbons (Fsp3) is 0.455. The second-order valence-corrected chi connectivity index (χ2v) is 8.41. The van der Waals surface area contributed by atoms with Crippen molar-refractivity contribution in [2.75, 3.05) is 31.1 Å². The first-order valence-corrected chi connectivity index (χ1v) is 10.7. The molecule has 3 aromatic rings. The van der Waals surface area contributed by atoms with Crippen molar-refractivity contribution in [3.05, 3.63) is 42.6 Å². The number of fused-ring (bicyclic) bond motifs is 3. The molecule has 30 heavy (non-hydrogen) atoms. The molecule has 2 bridgehead atoms. The van der Waals surface area contributed by atoms with E-state index in [9.17, 15) is 4.79 Å². The van der Waals surface area contributed by atoms with Gasteiger partial charge >= 0.3 is 0 Å². The molecule has 0 N–H and O–H groups in total. The van der Waals surface area contributed by atoms with Crippen molar-refractivity contribution in [2.45, 2.75) is 37.8 Å². The van der Waals surface area contributed by atoms with Gasteiger partial charge in [-0.1, -0.05) is 0 Å². The quantitative estimate of drug-likeness (QED) is 0.667. The minimum absolute atomic E-state index is 0.00387. The summed E-state index contributed by atoms with van der Waals surface area (Å²) in [6.45, 7) is 3.44. The molecule has 3 aliphatic rings. The van der Waals surface area contributed by atoms with Crippen LogP contribution in [0.15, 0.2) is 36.9 Å². The second kappa shape index (κ2) is 7.05. The number of imidazole rings is 1. The lowest BCUT2D eigenvalue weighted by Gasteiger charge is -2.27. The number of hydrogen-bond acceptors (Lipinski definition) is 6. The van der Waals surface area contributed by atoms with Gasteiger partial charge in [-0.05, 0) is 37.8 Å². The Morgan fingerprint density at radius 1 is 1.00 bits per heavy atom. The number of morpholine rings is 1. The highest BCUT2D eigenvalue weighted by Gasteiger charge is 2.42. The predicted molar refractivity (Wildman–Crippen MR) is 111 cm³/mol. The zero-order valence-corrected chi connectivity index (χ0v) is 16.8. The Kier molecular flexibility index (Phi) is 4.19. The molecular formula is C22H24N6O2. The van der Waals surface area contributed by atoms with Gasteiger partial charge in [0, 0.05) is 49.4 Å². The number of anilines is 1. The Morgan fingerprint density at radius 3 is 2.57 bits per heavy atom. The monoisotopic (exact) mass is 404 g/mol. The highest BCUT2D eigenvalue weighted by atomic mass is 16.5. The summed E-state index contributed by atoms with van der Waals surface area (Å²) in [6, 6.07) is 4.33. The molecule has 0 radical (unpaired) electrons. The van der Waals surface area contributed by atoms with E-state index in [1.54, 1.807) is 16.8 Å². The van der Waals surface area contributed by atoms with Gasteiger partial charge in [-0.25, -0.2) is 15.0 Å². The zero-order chi connectivity index (χ0) is 20.1. The minimum Gasteiger partial charge on any atom is -0.374 e. The Bertz CT molecular complexity index is 1090. The van der Waals surface area contributed by atoms with Crippen molar-refractivity contribution in [1.29, 1.82) is 0 Å². The maximum absolute atomic E-state index is 13.1. The second-order valence-electron chi connectivity index (χ2n) is 8.41. The van der Waals surface area contributed by atoms with Gasteiger partial charge in [0.05, 0.1) is 24.9 Å². The Labute approximate surface area is 174 Å². The van der Waals surface area contributed by atoms with Crippen LogP contribution in [0.1, 0.15) is 36.2 Å². The van der Waals surface area contributed by atoms with Gasteiger partial charge in [0.15, 0.2) is 0 Å². The van der Waals surface area contributed by atoms with Crippen LogP contribution in [-0.4, -0.2) is 68.5 Å². The van der Waals surface area contributed by atoms with E-state index in [0.717, 1.165) is 36.5 Å². The highest BCUT2D eigenvalue weighted by molar-refractivity contribution is 5.93. The Balaban J connectivity index is 1.29. The summed E-state index contributed by atoms with van der Waals surface area (Å²) < 4.78 is 7.42. The summed E-state index contributed by atoms with van der Waals surface area (Å²) >= 11 is 0. The van der Waals surface area contributed by atoms with Crippen molar-refractivity contribution < 1.29 is 9.53 Å². The molecule has 2 unspecified atom stereocenters. The van der Waals surface area contributed by atoms with Gasteiger partial charge in [-0.15, -0.1) is 0 Å². The molecule has 6 heterocycles. The number of ether oxygens (including phenoxy) is 1. The first-order valence-electron chi connectivity index (χ1n) is 10.7. The van der Waals surface area contributed by atoms with Crippen molar-refractivity contribution in [3.63, 3.8) is 0 Å². The molecule has 154 valence electrons. The number of aromatic nitrogens is 4. The predicted octanol–water partition coefficient (Wildman–Crippen LogP) is 2.39. The van der Waals surface area contributed by atoms with E-state index in [1.165, 1.54) is 19.3 Å². The first kappa shape index (κ1) is 17.8. The van der Waals surface area contributed by atoms with Gasteiger partial charge in [-0.2, -0.15) is 0 Å².